The number of imidazole rings is 1. The van der Waals surface area contributed by atoms with E-state index in [2.05, 4.69) is 39.3 Å². The fraction of sp³-hybridized carbons (Fsp3) is 0.250. The molecule has 17 heavy (non-hydrogen) atoms. The van der Waals surface area contributed by atoms with E-state index in [0.29, 0.717) is 0 Å². The van der Waals surface area contributed by atoms with E-state index >= 15 is 0 Å². The van der Waals surface area contributed by atoms with Gasteiger partial charge in [0.15, 0.2) is 0 Å². The minimum Gasteiger partial charge on any atom is -0.336 e. The van der Waals surface area contributed by atoms with Crippen LogP contribution in [0.15, 0.2) is 35.1 Å². The highest BCUT2D eigenvalue weighted by Gasteiger charge is 2.19. The Balaban J connectivity index is 2.50. The van der Waals surface area contributed by atoms with Crippen LogP contribution in [0.2, 0.25) is 0 Å². The summed E-state index contributed by atoms with van der Waals surface area (Å²) in [6.45, 7) is 2.06. The molecule has 1 heterocycles. The largest absolute Gasteiger partial charge is 0.336 e. The Morgan fingerprint density at radius 3 is 2.82 bits per heavy atom. The fourth-order valence-electron chi connectivity index (χ4n) is 1.90. The molecule has 2 aromatic rings. The Kier molecular flexibility index (Phi) is 3.61. The lowest BCUT2D eigenvalue weighted by Crippen LogP contribution is -2.31. The summed E-state index contributed by atoms with van der Waals surface area (Å²) >= 11 is 3.53. The standard InChI is InChI=1S/C12H15BrN4/c1-8-9(4-3-5-10(8)13)11(16-14)12-15-6-7-17(12)2/h3-7,11,16H,14H2,1-2H3. The lowest BCUT2D eigenvalue weighted by Gasteiger charge is -2.19. The highest BCUT2D eigenvalue weighted by atomic mass is 79.9. The molecule has 2 rings (SSSR count). The second kappa shape index (κ2) is 5.00. The third-order valence-corrected chi connectivity index (χ3v) is 3.76. The van der Waals surface area contributed by atoms with Crippen molar-refractivity contribution < 1.29 is 0 Å². The third kappa shape index (κ3) is 2.26. The van der Waals surface area contributed by atoms with Gasteiger partial charge in [-0.05, 0) is 24.1 Å². The zero-order valence-electron chi connectivity index (χ0n) is 9.81. The predicted molar refractivity (Wildman–Crippen MR) is 71.3 cm³/mol. The topological polar surface area (TPSA) is 55.9 Å². The van der Waals surface area contributed by atoms with Crippen molar-refractivity contribution in [2.24, 2.45) is 12.9 Å². The Hall–Kier alpha value is -1.17. The summed E-state index contributed by atoms with van der Waals surface area (Å²) in [7, 11) is 1.96. The molecular weight excluding hydrogens is 280 g/mol. The van der Waals surface area contributed by atoms with E-state index in [1.807, 2.05) is 29.9 Å². The zero-order valence-corrected chi connectivity index (χ0v) is 11.4. The number of hydrogen-bond acceptors (Lipinski definition) is 3. The van der Waals surface area contributed by atoms with E-state index in [1.54, 1.807) is 6.20 Å². The lowest BCUT2D eigenvalue weighted by atomic mass is 10.0. The van der Waals surface area contributed by atoms with Gasteiger partial charge in [-0.15, -0.1) is 0 Å². The van der Waals surface area contributed by atoms with E-state index in [4.69, 9.17) is 5.84 Å². The van der Waals surface area contributed by atoms with Crippen molar-refractivity contribution in [3.8, 4) is 0 Å². The zero-order chi connectivity index (χ0) is 12.4. The summed E-state index contributed by atoms with van der Waals surface area (Å²) < 4.78 is 3.04. The molecule has 4 nitrogen and oxygen atoms in total. The van der Waals surface area contributed by atoms with Crippen LogP contribution >= 0.6 is 15.9 Å². The normalized spacial score (nSPS) is 12.7. The minimum atomic E-state index is -0.104. The van der Waals surface area contributed by atoms with Gasteiger partial charge in [0, 0.05) is 23.9 Å². The van der Waals surface area contributed by atoms with Crippen molar-refractivity contribution >= 4 is 15.9 Å². The number of hydrazine groups is 1. The van der Waals surface area contributed by atoms with Gasteiger partial charge in [-0.3, -0.25) is 5.84 Å². The average molecular weight is 295 g/mol. The molecule has 0 aliphatic carbocycles. The monoisotopic (exact) mass is 294 g/mol. The summed E-state index contributed by atoms with van der Waals surface area (Å²) in [6.07, 6.45) is 3.68. The molecule has 0 bridgehead atoms. The van der Waals surface area contributed by atoms with E-state index in [1.165, 1.54) is 5.56 Å². The molecule has 0 aliphatic rings. The maximum Gasteiger partial charge on any atom is 0.131 e. The molecule has 0 spiro atoms. The molecule has 3 N–H and O–H groups in total. The van der Waals surface area contributed by atoms with E-state index in [9.17, 15) is 0 Å². The lowest BCUT2D eigenvalue weighted by molar-refractivity contribution is 0.577. The summed E-state index contributed by atoms with van der Waals surface area (Å²) in [5.74, 6) is 6.56. The fourth-order valence-corrected chi connectivity index (χ4v) is 2.28. The molecule has 0 radical (unpaired) electrons. The van der Waals surface area contributed by atoms with Gasteiger partial charge in [0.2, 0.25) is 0 Å². The van der Waals surface area contributed by atoms with E-state index in [0.717, 1.165) is 15.9 Å². The quantitative estimate of drug-likeness (QED) is 0.673. The second-order valence-electron chi connectivity index (χ2n) is 3.95. The smallest absolute Gasteiger partial charge is 0.131 e. The number of aromatic nitrogens is 2. The molecule has 1 aromatic heterocycles. The van der Waals surface area contributed by atoms with Gasteiger partial charge >= 0.3 is 0 Å². The van der Waals surface area contributed by atoms with Crippen LogP contribution < -0.4 is 11.3 Å². The highest BCUT2D eigenvalue weighted by Crippen LogP contribution is 2.27. The number of nitrogens with one attached hydrogen (secondary N) is 1. The van der Waals surface area contributed by atoms with Crippen LogP contribution in [-0.4, -0.2) is 9.55 Å². The maximum absolute atomic E-state index is 5.67. The molecular formula is C12H15BrN4. The van der Waals surface area contributed by atoms with Gasteiger partial charge in [0.25, 0.3) is 0 Å². The third-order valence-electron chi connectivity index (χ3n) is 2.90. The minimum absolute atomic E-state index is 0.104. The van der Waals surface area contributed by atoms with Crippen LogP contribution in [0.3, 0.4) is 0 Å². The van der Waals surface area contributed by atoms with Crippen LogP contribution in [-0.2, 0) is 7.05 Å². The Morgan fingerprint density at radius 1 is 1.47 bits per heavy atom. The van der Waals surface area contributed by atoms with Crippen LogP contribution in [0.1, 0.15) is 23.0 Å². The van der Waals surface area contributed by atoms with Crippen LogP contribution in [0.5, 0.6) is 0 Å². The number of nitrogens with zero attached hydrogens (tertiary/aromatic N) is 2. The molecule has 0 aliphatic heterocycles. The van der Waals surface area contributed by atoms with Crippen LogP contribution in [0.25, 0.3) is 0 Å². The first-order valence-corrected chi connectivity index (χ1v) is 6.12. The molecule has 5 heteroatoms. The van der Waals surface area contributed by atoms with Gasteiger partial charge in [-0.25, -0.2) is 10.4 Å². The molecule has 1 unspecified atom stereocenters. The van der Waals surface area contributed by atoms with Gasteiger partial charge in [-0.2, -0.15) is 0 Å². The number of aryl methyl sites for hydroxylation is 1. The number of halogens is 1. The first kappa shape index (κ1) is 12.3. The summed E-state index contributed by atoms with van der Waals surface area (Å²) in [5.41, 5.74) is 5.11. The van der Waals surface area contributed by atoms with Gasteiger partial charge < -0.3 is 4.57 Å². The predicted octanol–water partition coefficient (Wildman–Crippen LogP) is 2.04. The van der Waals surface area contributed by atoms with Crippen molar-refractivity contribution in [3.63, 3.8) is 0 Å². The second-order valence-corrected chi connectivity index (χ2v) is 4.80. The molecule has 0 fully saturated rings. The van der Waals surface area contributed by atoms with Crippen molar-refractivity contribution in [2.45, 2.75) is 13.0 Å². The first-order chi connectivity index (χ1) is 8.15. The van der Waals surface area contributed by atoms with Gasteiger partial charge in [0.05, 0.1) is 0 Å². The number of benzene rings is 1. The maximum atomic E-state index is 5.67. The number of hydrogen-bond donors (Lipinski definition) is 2. The first-order valence-electron chi connectivity index (χ1n) is 5.33. The van der Waals surface area contributed by atoms with Crippen molar-refractivity contribution in [3.05, 3.63) is 52.0 Å². The van der Waals surface area contributed by atoms with Gasteiger partial charge in [0.1, 0.15) is 11.9 Å². The highest BCUT2D eigenvalue weighted by molar-refractivity contribution is 9.10. The Bertz CT molecular complexity index is 521. The van der Waals surface area contributed by atoms with Crippen LogP contribution in [0.4, 0.5) is 0 Å². The van der Waals surface area contributed by atoms with Gasteiger partial charge in [-0.1, -0.05) is 28.1 Å². The molecule has 1 atom stereocenters. The van der Waals surface area contributed by atoms with Crippen molar-refractivity contribution in [2.75, 3.05) is 0 Å². The van der Waals surface area contributed by atoms with E-state index in [-0.39, 0.29) is 6.04 Å². The molecule has 90 valence electrons. The Labute approximate surface area is 109 Å². The molecule has 1 aromatic carbocycles. The molecule has 0 saturated heterocycles. The van der Waals surface area contributed by atoms with Crippen LogP contribution in [0, 0.1) is 6.92 Å². The Morgan fingerprint density at radius 2 is 2.24 bits per heavy atom. The van der Waals surface area contributed by atoms with Crippen molar-refractivity contribution in [1.82, 2.24) is 15.0 Å². The number of rotatable bonds is 3. The average Bonchev–Trinajstić information content (AvgIpc) is 2.72. The molecule has 0 saturated carbocycles. The SMILES string of the molecule is Cc1c(Br)cccc1C(NN)c1nccn1C. The molecule has 0 amide bonds. The summed E-state index contributed by atoms with van der Waals surface area (Å²) in [4.78, 5) is 4.34. The van der Waals surface area contributed by atoms with E-state index < -0.39 is 0 Å². The van der Waals surface area contributed by atoms with Crippen molar-refractivity contribution in [1.29, 1.82) is 0 Å². The summed E-state index contributed by atoms with van der Waals surface area (Å²) in [6, 6.07) is 5.97. The number of nitrogens with two attached hydrogens (primary N) is 1. The summed E-state index contributed by atoms with van der Waals surface area (Å²) in [5, 5.41) is 0.